The summed E-state index contributed by atoms with van der Waals surface area (Å²) in [5.41, 5.74) is 0.187. The van der Waals surface area contributed by atoms with E-state index in [1.165, 1.54) is 31.3 Å². The summed E-state index contributed by atoms with van der Waals surface area (Å²) in [5.74, 6) is -1.40. The first kappa shape index (κ1) is 14.8. The Hall–Kier alpha value is -2.63. The average Bonchev–Trinajstić information content (AvgIpc) is 2.47. The molecule has 21 heavy (non-hydrogen) atoms. The highest BCUT2D eigenvalue weighted by Crippen LogP contribution is 2.10. The van der Waals surface area contributed by atoms with E-state index in [1.807, 2.05) is 0 Å². The summed E-state index contributed by atoms with van der Waals surface area (Å²) in [5, 5.41) is 8.95. The highest BCUT2D eigenvalue weighted by molar-refractivity contribution is 5.71. The molecule has 0 saturated carbocycles. The van der Waals surface area contributed by atoms with Crippen molar-refractivity contribution in [3.8, 4) is 5.75 Å². The number of benzene rings is 1. The van der Waals surface area contributed by atoms with Gasteiger partial charge in [-0.3, -0.25) is 9.36 Å². The topological polar surface area (TPSA) is 68.5 Å². The van der Waals surface area contributed by atoms with E-state index < -0.39 is 17.6 Å². The predicted molar refractivity (Wildman–Crippen MR) is 73.8 cm³/mol. The number of aromatic nitrogens is 1. The first-order chi connectivity index (χ1) is 9.99. The second-order valence-corrected chi connectivity index (χ2v) is 4.51. The molecule has 0 amide bonds. The summed E-state index contributed by atoms with van der Waals surface area (Å²) in [6.07, 6.45) is 1.39. The van der Waals surface area contributed by atoms with Gasteiger partial charge in [-0.1, -0.05) is 12.1 Å². The van der Waals surface area contributed by atoms with Gasteiger partial charge in [0.2, 0.25) is 0 Å². The number of ether oxygens (including phenoxy) is 1. The molecule has 0 radical (unpaired) electrons. The zero-order chi connectivity index (χ0) is 15.4. The van der Waals surface area contributed by atoms with E-state index in [2.05, 4.69) is 0 Å². The van der Waals surface area contributed by atoms with Crippen LogP contribution in [0.1, 0.15) is 18.5 Å². The number of pyridine rings is 1. The summed E-state index contributed by atoms with van der Waals surface area (Å²) in [6.45, 7) is 1.51. The molecule has 2 rings (SSSR count). The van der Waals surface area contributed by atoms with Crippen molar-refractivity contribution in [2.75, 3.05) is 0 Å². The molecule has 110 valence electrons. The standard InChI is InChI=1S/C15H14FNO4/c1-10(15(19)20)17-8-2-3-13(14(17)18)21-9-11-4-6-12(16)7-5-11/h2-8,10H,9H2,1H3,(H,19,20). The van der Waals surface area contributed by atoms with Gasteiger partial charge in [-0.25, -0.2) is 9.18 Å². The highest BCUT2D eigenvalue weighted by atomic mass is 19.1. The number of carboxylic acid groups (broad SMARTS) is 1. The summed E-state index contributed by atoms with van der Waals surface area (Å²) in [4.78, 5) is 23.0. The number of carboxylic acids is 1. The molecule has 1 N–H and O–H groups in total. The second-order valence-electron chi connectivity index (χ2n) is 4.51. The zero-order valence-corrected chi connectivity index (χ0v) is 11.3. The molecule has 2 aromatic rings. The van der Waals surface area contributed by atoms with Gasteiger partial charge in [0.15, 0.2) is 5.75 Å². The fourth-order valence-electron chi connectivity index (χ4n) is 1.76. The first-order valence-electron chi connectivity index (χ1n) is 6.30. The number of nitrogens with zero attached hydrogens (tertiary/aromatic N) is 1. The smallest absolute Gasteiger partial charge is 0.326 e. The maximum absolute atomic E-state index is 12.8. The van der Waals surface area contributed by atoms with Crippen molar-refractivity contribution in [2.24, 2.45) is 0 Å². The highest BCUT2D eigenvalue weighted by Gasteiger charge is 2.16. The Labute approximate surface area is 120 Å². The van der Waals surface area contributed by atoms with Crippen LogP contribution < -0.4 is 10.3 Å². The Morgan fingerprint density at radius 3 is 2.62 bits per heavy atom. The largest absolute Gasteiger partial charge is 0.483 e. The van der Waals surface area contributed by atoms with E-state index in [1.54, 1.807) is 18.2 Å². The molecule has 1 heterocycles. The van der Waals surface area contributed by atoms with Crippen LogP contribution in [-0.2, 0) is 11.4 Å². The molecule has 0 aliphatic heterocycles. The number of hydrogen-bond donors (Lipinski definition) is 1. The lowest BCUT2D eigenvalue weighted by atomic mass is 10.2. The lowest BCUT2D eigenvalue weighted by Crippen LogP contribution is -2.28. The molecular formula is C15H14FNO4. The van der Waals surface area contributed by atoms with Crippen LogP contribution in [0.3, 0.4) is 0 Å². The van der Waals surface area contributed by atoms with Crippen LogP contribution in [0.15, 0.2) is 47.4 Å². The number of hydrogen-bond acceptors (Lipinski definition) is 3. The van der Waals surface area contributed by atoms with Gasteiger partial charge in [0.05, 0.1) is 0 Å². The molecule has 1 aromatic carbocycles. The predicted octanol–water partition coefficient (Wildman–Crippen LogP) is 2.21. The number of carbonyl (C=O) groups is 1. The SMILES string of the molecule is CC(C(=O)O)n1cccc(OCc2ccc(F)cc2)c1=O. The fourth-order valence-corrected chi connectivity index (χ4v) is 1.76. The maximum atomic E-state index is 12.8. The Kier molecular flexibility index (Phi) is 4.37. The van der Waals surface area contributed by atoms with Crippen LogP contribution in [0.25, 0.3) is 0 Å². The van der Waals surface area contributed by atoms with Crippen molar-refractivity contribution >= 4 is 5.97 Å². The number of aliphatic carboxylic acids is 1. The molecule has 6 heteroatoms. The van der Waals surface area contributed by atoms with Gasteiger partial charge in [0.1, 0.15) is 18.5 Å². The maximum Gasteiger partial charge on any atom is 0.326 e. The van der Waals surface area contributed by atoms with Crippen LogP contribution in [0, 0.1) is 5.82 Å². The second kappa shape index (κ2) is 6.21. The third-order valence-electron chi connectivity index (χ3n) is 3.02. The van der Waals surface area contributed by atoms with E-state index in [0.29, 0.717) is 5.56 Å². The van der Waals surface area contributed by atoms with Gasteiger partial charge in [-0.2, -0.15) is 0 Å². The molecular weight excluding hydrogens is 277 g/mol. The molecule has 0 spiro atoms. The Balaban J connectivity index is 2.17. The number of halogens is 1. The van der Waals surface area contributed by atoms with Crippen LogP contribution in [0.2, 0.25) is 0 Å². The molecule has 0 saturated heterocycles. The Bertz CT molecular complexity index is 694. The molecule has 1 aromatic heterocycles. The van der Waals surface area contributed by atoms with E-state index in [0.717, 1.165) is 4.57 Å². The fraction of sp³-hybridized carbons (Fsp3) is 0.200. The minimum absolute atomic E-state index is 0.0509. The van der Waals surface area contributed by atoms with Gasteiger partial charge in [0, 0.05) is 6.20 Å². The van der Waals surface area contributed by atoms with Gasteiger partial charge >= 0.3 is 5.97 Å². The van der Waals surface area contributed by atoms with Crippen molar-refractivity contribution in [1.82, 2.24) is 4.57 Å². The molecule has 0 bridgehead atoms. The molecule has 0 aliphatic carbocycles. The summed E-state index contributed by atoms with van der Waals surface area (Å²) < 4.78 is 19.3. The van der Waals surface area contributed by atoms with Crippen LogP contribution in [0.4, 0.5) is 4.39 Å². The normalized spacial score (nSPS) is 11.9. The van der Waals surface area contributed by atoms with E-state index in [4.69, 9.17) is 9.84 Å². The summed E-state index contributed by atoms with van der Waals surface area (Å²) in [6, 6.07) is 7.74. The van der Waals surface area contributed by atoms with Gasteiger partial charge in [-0.15, -0.1) is 0 Å². The Morgan fingerprint density at radius 2 is 2.00 bits per heavy atom. The third kappa shape index (κ3) is 3.47. The van der Waals surface area contributed by atoms with E-state index in [-0.39, 0.29) is 18.2 Å². The minimum atomic E-state index is -1.10. The molecule has 1 atom stereocenters. The third-order valence-corrected chi connectivity index (χ3v) is 3.02. The average molecular weight is 291 g/mol. The van der Waals surface area contributed by atoms with Gasteiger partial charge in [-0.05, 0) is 36.8 Å². The molecule has 1 unspecified atom stereocenters. The number of rotatable bonds is 5. The molecule has 0 fully saturated rings. The van der Waals surface area contributed by atoms with Crippen LogP contribution in [-0.4, -0.2) is 15.6 Å². The first-order valence-corrected chi connectivity index (χ1v) is 6.30. The molecule has 5 nitrogen and oxygen atoms in total. The summed E-state index contributed by atoms with van der Waals surface area (Å²) in [7, 11) is 0. The summed E-state index contributed by atoms with van der Waals surface area (Å²) >= 11 is 0. The van der Waals surface area contributed by atoms with Crippen molar-refractivity contribution in [2.45, 2.75) is 19.6 Å². The quantitative estimate of drug-likeness (QED) is 0.917. The van der Waals surface area contributed by atoms with Gasteiger partial charge < -0.3 is 9.84 Å². The lowest BCUT2D eigenvalue weighted by molar-refractivity contribution is -0.140. The van der Waals surface area contributed by atoms with Crippen molar-refractivity contribution in [1.29, 1.82) is 0 Å². The van der Waals surface area contributed by atoms with Crippen molar-refractivity contribution < 1.29 is 19.0 Å². The van der Waals surface area contributed by atoms with E-state index >= 15 is 0 Å². The monoisotopic (exact) mass is 291 g/mol. The Morgan fingerprint density at radius 1 is 1.33 bits per heavy atom. The lowest BCUT2D eigenvalue weighted by Gasteiger charge is -2.12. The van der Waals surface area contributed by atoms with Crippen LogP contribution in [0.5, 0.6) is 5.75 Å². The van der Waals surface area contributed by atoms with Crippen molar-refractivity contribution in [3.63, 3.8) is 0 Å². The minimum Gasteiger partial charge on any atom is -0.483 e. The van der Waals surface area contributed by atoms with Gasteiger partial charge in [0.25, 0.3) is 5.56 Å². The van der Waals surface area contributed by atoms with E-state index in [9.17, 15) is 14.0 Å². The zero-order valence-electron chi connectivity index (χ0n) is 11.3. The van der Waals surface area contributed by atoms with Crippen molar-refractivity contribution in [3.05, 3.63) is 64.3 Å². The van der Waals surface area contributed by atoms with Crippen LogP contribution >= 0.6 is 0 Å². The molecule has 0 aliphatic rings.